The first kappa shape index (κ1) is 8.09. The second-order valence-electron chi connectivity index (χ2n) is 2.70. The Balaban J connectivity index is 2.63. The number of fused-ring (bicyclic) bond motifs is 1. The fourth-order valence-corrected chi connectivity index (χ4v) is 1.44. The van der Waals surface area contributed by atoms with Gasteiger partial charge >= 0.3 is 0 Å². The third-order valence-electron chi connectivity index (χ3n) is 1.89. The van der Waals surface area contributed by atoms with Gasteiger partial charge in [-0.3, -0.25) is 0 Å². The summed E-state index contributed by atoms with van der Waals surface area (Å²) in [6.07, 6.45) is 3.88. The van der Waals surface area contributed by atoms with E-state index < -0.39 is 0 Å². The summed E-state index contributed by atoms with van der Waals surface area (Å²) in [5.74, 6) is 0. The van der Waals surface area contributed by atoms with Crippen molar-refractivity contribution in [3.63, 3.8) is 0 Å². The molecule has 2 aromatic rings. The second-order valence-corrected chi connectivity index (χ2v) is 3.09. The predicted octanol–water partition coefficient (Wildman–Crippen LogP) is 2.28. The van der Waals surface area contributed by atoms with Crippen molar-refractivity contribution in [2.24, 2.45) is 0 Å². The van der Waals surface area contributed by atoms with Gasteiger partial charge in [0.2, 0.25) is 0 Å². The highest BCUT2D eigenvalue weighted by atomic mass is 35.5. The van der Waals surface area contributed by atoms with E-state index in [1.165, 1.54) is 0 Å². The van der Waals surface area contributed by atoms with Crippen molar-refractivity contribution in [1.29, 1.82) is 5.26 Å². The summed E-state index contributed by atoms with van der Waals surface area (Å²) in [5, 5.41) is 9.96. The Hall–Kier alpha value is -1.53. The van der Waals surface area contributed by atoms with Gasteiger partial charge in [-0.25, -0.2) is 4.98 Å². The Kier molecular flexibility index (Phi) is 1.91. The van der Waals surface area contributed by atoms with Gasteiger partial charge in [0.15, 0.2) is 0 Å². The minimum Gasteiger partial charge on any atom is -0.361 e. The number of halogens is 1. The van der Waals surface area contributed by atoms with Gasteiger partial charge in [-0.1, -0.05) is 11.6 Å². The number of nitrogens with one attached hydrogen (secondary N) is 1. The molecule has 0 saturated carbocycles. The van der Waals surface area contributed by atoms with Gasteiger partial charge in [-0.05, 0) is 11.6 Å². The largest absolute Gasteiger partial charge is 0.361 e. The number of hydrogen-bond acceptors (Lipinski definition) is 2. The minimum atomic E-state index is 0.392. The number of rotatable bonds is 1. The number of H-pyrrole nitrogens is 1. The topological polar surface area (TPSA) is 52.5 Å². The molecular formula is C9H6ClN3. The molecule has 13 heavy (non-hydrogen) atoms. The molecule has 2 heterocycles. The molecule has 0 amide bonds. The molecule has 64 valence electrons. The Bertz CT molecular complexity index is 481. The van der Waals surface area contributed by atoms with Crippen LogP contribution in [0.25, 0.3) is 10.9 Å². The van der Waals surface area contributed by atoms with E-state index in [1.807, 2.05) is 6.20 Å². The zero-order chi connectivity index (χ0) is 9.26. The van der Waals surface area contributed by atoms with Crippen molar-refractivity contribution in [2.75, 3.05) is 0 Å². The van der Waals surface area contributed by atoms with Gasteiger partial charge < -0.3 is 4.98 Å². The van der Waals surface area contributed by atoms with Crippen LogP contribution in [-0.4, -0.2) is 9.97 Å². The lowest BCUT2D eigenvalue weighted by Gasteiger charge is -1.91. The molecule has 0 radical (unpaired) electrons. The molecule has 1 N–H and O–H groups in total. The summed E-state index contributed by atoms with van der Waals surface area (Å²) < 4.78 is 0. The third-order valence-corrected chi connectivity index (χ3v) is 2.09. The molecule has 0 aliphatic carbocycles. The van der Waals surface area contributed by atoms with E-state index in [4.69, 9.17) is 16.9 Å². The Labute approximate surface area is 80.0 Å². The molecule has 0 fully saturated rings. The molecule has 0 aromatic carbocycles. The maximum Gasteiger partial charge on any atom is 0.131 e. The first-order chi connectivity index (χ1) is 6.31. The standard InChI is InChI=1S/C9H6ClN3/c10-9-3-8-7(5-13-9)6(1-2-11)4-12-8/h3-5,12H,1H2. The van der Waals surface area contributed by atoms with E-state index in [0.717, 1.165) is 16.5 Å². The molecule has 2 aromatic heterocycles. The molecule has 0 aliphatic heterocycles. The monoisotopic (exact) mass is 191 g/mol. The van der Waals surface area contributed by atoms with Gasteiger partial charge in [0.1, 0.15) is 5.15 Å². The van der Waals surface area contributed by atoms with Crippen LogP contribution in [0.2, 0.25) is 5.15 Å². The molecule has 0 atom stereocenters. The molecule has 3 nitrogen and oxygen atoms in total. The molecule has 0 spiro atoms. The predicted molar refractivity (Wildman–Crippen MR) is 50.4 cm³/mol. The molecule has 0 bridgehead atoms. The van der Waals surface area contributed by atoms with Crippen molar-refractivity contribution in [3.05, 3.63) is 29.2 Å². The average molecular weight is 192 g/mol. The molecule has 2 rings (SSSR count). The molecule has 0 aliphatic rings. The van der Waals surface area contributed by atoms with Crippen LogP contribution in [0.4, 0.5) is 0 Å². The number of pyridine rings is 1. The normalized spacial score (nSPS) is 10.2. The van der Waals surface area contributed by atoms with Crippen molar-refractivity contribution in [1.82, 2.24) is 9.97 Å². The summed E-state index contributed by atoms with van der Waals surface area (Å²) in [6, 6.07) is 3.84. The van der Waals surface area contributed by atoms with Crippen LogP contribution in [-0.2, 0) is 6.42 Å². The van der Waals surface area contributed by atoms with Crippen molar-refractivity contribution >= 4 is 22.5 Å². The number of nitrogens with zero attached hydrogens (tertiary/aromatic N) is 2. The summed E-state index contributed by atoms with van der Waals surface area (Å²) in [4.78, 5) is 7.00. The zero-order valence-electron chi connectivity index (χ0n) is 6.71. The highest BCUT2D eigenvalue weighted by Gasteiger charge is 2.03. The van der Waals surface area contributed by atoms with Gasteiger partial charge in [0, 0.05) is 17.8 Å². The summed E-state index contributed by atoms with van der Waals surface area (Å²) >= 11 is 5.71. The maximum atomic E-state index is 8.54. The summed E-state index contributed by atoms with van der Waals surface area (Å²) in [6.45, 7) is 0. The summed E-state index contributed by atoms with van der Waals surface area (Å²) in [5.41, 5.74) is 1.88. The van der Waals surface area contributed by atoms with Gasteiger partial charge in [-0.2, -0.15) is 5.26 Å². The Morgan fingerprint density at radius 3 is 3.23 bits per heavy atom. The van der Waals surface area contributed by atoms with Crippen LogP contribution in [0.15, 0.2) is 18.5 Å². The smallest absolute Gasteiger partial charge is 0.131 e. The van der Waals surface area contributed by atoms with Crippen LogP contribution in [0, 0.1) is 11.3 Å². The quantitative estimate of drug-likeness (QED) is 0.704. The number of aromatic amines is 1. The summed E-state index contributed by atoms with van der Waals surface area (Å²) in [7, 11) is 0. The highest BCUT2D eigenvalue weighted by molar-refractivity contribution is 6.30. The molecule has 4 heteroatoms. The molecule has 0 saturated heterocycles. The Morgan fingerprint density at radius 2 is 2.46 bits per heavy atom. The number of aromatic nitrogens is 2. The SMILES string of the molecule is N#CCc1c[nH]c2cc(Cl)ncc12. The van der Waals surface area contributed by atoms with Crippen LogP contribution in [0.5, 0.6) is 0 Å². The van der Waals surface area contributed by atoms with Crippen LogP contribution >= 0.6 is 11.6 Å². The van der Waals surface area contributed by atoms with E-state index in [-0.39, 0.29) is 0 Å². The third kappa shape index (κ3) is 1.36. The first-order valence-electron chi connectivity index (χ1n) is 3.79. The van der Waals surface area contributed by atoms with Crippen LogP contribution < -0.4 is 0 Å². The Morgan fingerprint density at radius 1 is 1.62 bits per heavy atom. The van der Waals surface area contributed by atoms with Crippen LogP contribution in [0.3, 0.4) is 0 Å². The average Bonchev–Trinajstić information content (AvgIpc) is 2.49. The van der Waals surface area contributed by atoms with E-state index in [1.54, 1.807) is 12.3 Å². The highest BCUT2D eigenvalue weighted by Crippen LogP contribution is 2.19. The van der Waals surface area contributed by atoms with E-state index >= 15 is 0 Å². The number of nitriles is 1. The van der Waals surface area contributed by atoms with Crippen LogP contribution in [0.1, 0.15) is 5.56 Å². The van der Waals surface area contributed by atoms with Gasteiger partial charge in [0.05, 0.1) is 18.0 Å². The number of hydrogen-bond donors (Lipinski definition) is 1. The lowest BCUT2D eigenvalue weighted by Crippen LogP contribution is -1.79. The van der Waals surface area contributed by atoms with Crippen molar-refractivity contribution in [2.45, 2.75) is 6.42 Å². The van der Waals surface area contributed by atoms with E-state index in [9.17, 15) is 0 Å². The molecular weight excluding hydrogens is 186 g/mol. The van der Waals surface area contributed by atoms with Crippen molar-refractivity contribution in [3.8, 4) is 6.07 Å². The van der Waals surface area contributed by atoms with Gasteiger partial charge in [-0.15, -0.1) is 0 Å². The second kappa shape index (κ2) is 3.08. The first-order valence-corrected chi connectivity index (χ1v) is 4.17. The maximum absolute atomic E-state index is 8.54. The van der Waals surface area contributed by atoms with E-state index in [2.05, 4.69) is 16.0 Å². The van der Waals surface area contributed by atoms with Crippen molar-refractivity contribution < 1.29 is 0 Å². The fourth-order valence-electron chi connectivity index (χ4n) is 1.28. The zero-order valence-corrected chi connectivity index (χ0v) is 7.47. The lowest BCUT2D eigenvalue weighted by molar-refractivity contribution is 1.27. The van der Waals surface area contributed by atoms with Gasteiger partial charge in [0.25, 0.3) is 0 Å². The lowest BCUT2D eigenvalue weighted by atomic mass is 10.2. The van der Waals surface area contributed by atoms with E-state index in [0.29, 0.717) is 11.6 Å². The minimum absolute atomic E-state index is 0.392. The fraction of sp³-hybridized carbons (Fsp3) is 0.111. The molecule has 0 unspecified atom stereocenters.